The number of aromatic amines is 1. The number of anilines is 1. The summed E-state index contributed by atoms with van der Waals surface area (Å²) in [6.07, 6.45) is 10.9. The number of aromatic nitrogens is 2. The van der Waals surface area contributed by atoms with Crippen molar-refractivity contribution in [3.63, 3.8) is 0 Å². The first-order valence-electron chi connectivity index (χ1n) is 9.00. The highest BCUT2D eigenvalue weighted by Gasteiger charge is 2.14. The van der Waals surface area contributed by atoms with Crippen molar-refractivity contribution in [1.29, 1.82) is 0 Å². The zero-order valence-electron chi connectivity index (χ0n) is 15.1. The van der Waals surface area contributed by atoms with Crippen LogP contribution in [0.5, 0.6) is 0 Å². The Morgan fingerprint density at radius 1 is 1.30 bits per heavy atom. The van der Waals surface area contributed by atoms with Crippen LogP contribution in [0.4, 0.5) is 5.69 Å². The number of nitrogens with two attached hydrogens (primary N) is 1. The summed E-state index contributed by atoms with van der Waals surface area (Å²) in [5.74, 6) is 1.61. The number of nitrogens with one attached hydrogen (secondary N) is 2. The fourth-order valence-electron chi connectivity index (χ4n) is 3.44. The van der Waals surface area contributed by atoms with Crippen molar-refractivity contribution in [2.24, 2.45) is 16.8 Å². The van der Waals surface area contributed by atoms with Gasteiger partial charge in [-0.3, -0.25) is 0 Å². The van der Waals surface area contributed by atoms with Crippen molar-refractivity contribution in [2.75, 3.05) is 5.32 Å². The number of guanidine groups is 1. The summed E-state index contributed by atoms with van der Waals surface area (Å²) in [5.41, 5.74) is 7.93. The van der Waals surface area contributed by atoms with Gasteiger partial charge in [0.15, 0.2) is 5.03 Å². The van der Waals surface area contributed by atoms with Crippen molar-refractivity contribution in [3.05, 3.63) is 46.4 Å². The molecule has 1 saturated carbocycles. The first-order chi connectivity index (χ1) is 12.6. The molecule has 1 heterocycles. The highest BCUT2D eigenvalue weighted by Crippen LogP contribution is 2.27. The van der Waals surface area contributed by atoms with E-state index in [0.29, 0.717) is 5.69 Å². The van der Waals surface area contributed by atoms with Gasteiger partial charge in [-0.05, 0) is 24.5 Å². The Labute approximate surface area is 164 Å². The molecule has 4 N–H and O–H groups in total. The minimum Gasteiger partial charge on any atom is -0.364 e. The molecule has 2 aromatic rings. The second-order valence-electron chi connectivity index (χ2n) is 6.70. The van der Waals surface area contributed by atoms with Gasteiger partial charge < -0.3 is 16.0 Å². The van der Waals surface area contributed by atoms with Crippen LogP contribution in [0.3, 0.4) is 0 Å². The van der Waals surface area contributed by atoms with E-state index in [2.05, 4.69) is 20.4 Å². The van der Waals surface area contributed by atoms with Crippen LogP contribution in [0.2, 0.25) is 0 Å². The molecule has 0 atom stereocenters. The molecule has 146 valence electrons. The lowest BCUT2D eigenvalue weighted by Gasteiger charge is -2.20. The van der Waals surface area contributed by atoms with Crippen LogP contribution in [0, 0.1) is 16.0 Å². The number of halogens is 1. The van der Waals surface area contributed by atoms with Gasteiger partial charge in [0.05, 0.1) is 5.69 Å². The van der Waals surface area contributed by atoms with Gasteiger partial charge in [-0.1, -0.05) is 44.2 Å². The maximum Gasteiger partial charge on any atom is 0.270 e. The van der Waals surface area contributed by atoms with Crippen LogP contribution in [0.1, 0.15) is 44.3 Å². The molecule has 0 aliphatic heterocycles. The number of hydrazone groups is 1. The van der Waals surface area contributed by atoms with Crippen molar-refractivity contribution < 1.29 is 5.03 Å². The lowest BCUT2D eigenvalue weighted by atomic mass is 9.86. The number of hydrogen-bond donors (Lipinski definition) is 3. The Morgan fingerprint density at radius 3 is 2.67 bits per heavy atom. The van der Waals surface area contributed by atoms with E-state index in [0.717, 1.165) is 29.4 Å². The van der Waals surface area contributed by atoms with Crippen LogP contribution in [0.25, 0.3) is 11.3 Å². The number of aryl methyl sites for hydroxylation is 1. The molecule has 1 fully saturated rings. The van der Waals surface area contributed by atoms with Gasteiger partial charge in [0, 0.05) is 23.9 Å². The van der Waals surface area contributed by atoms with Crippen molar-refractivity contribution in [2.45, 2.75) is 44.9 Å². The molecule has 0 spiro atoms. The number of nitro groups is 1. The highest BCUT2D eigenvalue weighted by molar-refractivity contribution is 5.91. The summed E-state index contributed by atoms with van der Waals surface area (Å²) in [6, 6.07) is 7.35. The predicted molar refractivity (Wildman–Crippen MR) is 108 cm³/mol. The summed E-state index contributed by atoms with van der Waals surface area (Å²) in [4.78, 5) is 18.2. The molecule has 0 bridgehead atoms. The van der Waals surface area contributed by atoms with Gasteiger partial charge in [-0.2, -0.15) is 0 Å². The van der Waals surface area contributed by atoms with Gasteiger partial charge in [-0.25, -0.2) is 15.1 Å². The number of rotatable bonds is 6. The molecule has 8 nitrogen and oxygen atoms in total. The number of benzene rings is 1. The molecule has 1 aliphatic carbocycles. The zero-order chi connectivity index (χ0) is 18.4. The van der Waals surface area contributed by atoms with E-state index in [9.17, 15) is 10.1 Å². The third-order valence-electron chi connectivity index (χ3n) is 4.79. The number of hydrogen-bond acceptors (Lipinski definition) is 3. The monoisotopic (exact) mass is 392 g/mol. The SMILES string of the molecule is Cl.NC(=N[N+](=O)[O-])Nc1ccc(-c2c[nH]c(CCC3CCCCC3)n2)cc1. The maximum absolute atomic E-state index is 10.3. The molecular formula is C18H25ClN6O2. The molecule has 1 aromatic heterocycles. The number of H-pyrrole nitrogens is 1. The van der Waals surface area contributed by atoms with Gasteiger partial charge in [-0.15, -0.1) is 12.4 Å². The molecule has 9 heteroatoms. The lowest BCUT2D eigenvalue weighted by Crippen LogP contribution is -2.23. The van der Waals surface area contributed by atoms with Crippen LogP contribution in [0.15, 0.2) is 35.6 Å². The van der Waals surface area contributed by atoms with E-state index in [1.807, 2.05) is 18.3 Å². The van der Waals surface area contributed by atoms with Crippen molar-refractivity contribution in [1.82, 2.24) is 9.97 Å². The van der Waals surface area contributed by atoms with Crippen LogP contribution >= 0.6 is 12.4 Å². The largest absolute Gasteiger partial charge is 0.364 e. The molecule has 0 saturated heterocycles. The maximum atomic E-state index is 10.3. The summed E-state index contributed by atoms with van der Waals surface area (Å²) in [5, 5.41) is 15.1. The first kappa shape index (κ1) is 20.7. The second kappa shape index (κ2) is 9.91. The standard InChI is InChI=1S/C18H24N6O2.ClH/c19-18(23-24(25)26)21-15-9-7-14(8-10-15)16-12-20-17(22-16)11-6-13-4-2-1-3-5-13;/h7-10,12-13H,1-6,11H2,(H,20,22)(H3,19,21,23);1H. The lowest BCUT2D eigenvalue weighted by molar-refractivity contribution is -0.485. The topological polar surface area (TPSA) is 122 Å². The number of nitrogens with zero attached hydrogens (tertiary/aromatic N) is 3. The third-order valence-corrected chi connectivity index (χ3v) is 4.79. The Hall–Kier alpha value is -2.61. The minimum atomic E-state index is -0.838. The summed E-state index contributed by atoms with van der Waals surface area (Å²) in [6.45, 7) is 0. The van der Waals surface area contributed by atoms with Crippen molar-refractivity contribution >= 4 is 24.1 Å². The van der Waals surface area contributed by atoms with E-state index in [1.54, 1.807) is 12.1 Å². The molecule has 3 rings (SSSR count). The van der Waals surface area contributed by atoms with E-state index >= 15 is 0 Å². The van der Waals surface area contributed by atoms with Gasteiger partial charge >= 0.3 is 0 Å². The molecule has 0 amide bonds. The van der Waals surface area contributed by atoms with Gasteiger partial charge in [0.25, 0.3) is 5.96 Å². The number of imidazole rings is 1. The summed E-state index contributed by atoms with van der Waals surface area (Å²) in [7, 11) is 0. The van der Waals surface area contributed by atoms with E-state index in [-0.39, 0.29) is 18.4 Å². The molecule has 1 aromatic carbocycles. The third kappa shape index (κ3) is 6.25. The average molecular weight is 393 g/mol. The molecule has 0 radical (unpaired) electrons. The Morgan fingerprint density at radius 2 is 2.00 bits per heavy atom. The van der Waals surface area contributed by atoms with Gasteiger partial charge in [0.2, 0.25) is 0 Å². The van der Waals surface area contributed by atoms with E-state index in [4.69, 9.17) is 5.73 Å². The van der Waals surface area contributed by atoms with E-state index in [1.165, 1.54) is 38.5 Å². The Kier molecular flexibility index (Phi) is 7.60. The minimum absolute atomic E-state index is 0. The predicted octanol–water partition coefficient (Wildman–Crippen LogP) is 3.93. The Balaban J connectivity index is 0.00000261. The van der Waals surface area contributed by atoms with Crippen molar-refractivity contribution in [3.8, 4) is 11.3 Å². The highest BCUT2D eigenvalue weighted by atomic mass is 35.5. The fraction of sp³-hybridized carbons (Fsp3) is 0.444. The summed E-state index contributed by atoms with van der Waals surface area (Å²) >= 11 is 0. The molecule has 27 heavy (non-hydrogen) atoms. The second-order valence-corrected chi connectivity index (χ2v) is 6.70. The molecule has 0 unspecified atom stereocenters. The van der Waals surface area contributed by atoms with Crippen LogP contribution in [-0.2, 0) is 6.42 Å². The molecular weight excluding hydrogens is 368 g/mol. The quantitative estimate of drug-likeness (QED) is 0.297. The fourth-order valence-corrected chi connectivity index (χ4v) is 3.44. The van der Waals surface area contributed by atoms with Crippen LogP contribution < -0.4 is 11.1 Å². The first-order valence-corrected chi connectivity index (χ1v) is 9.00. The normalized spacial score (nSPS) is 15.2. The van der Waals surface area contributed by atoms with Crippen LogP contribution in [-0.4, -0.2) is 21.0 Å². The average Bonchev–Trinajstić information content (AvgIpc) is 3.10. The zero-order valence-corrected chi connectivity index (χ0v) is 15.9. The van der Waals surface area contributed by atoms with E-state index < -0.39 is 5.03 Å². The van der Waals surface area contributed by atoms with Gasteiger partial charge in [0.1, 0.15) is 10.9 Å². The Bertz CT molecular complexity index is 768. The summed E-state index contributed by atoms with van der Waals surface area (Å²) < 4.78 is 0. The molecule has 1 aliphatic rings. The smallest absolute Gasteiger partial charge is 0.270 e.